The number of hydrogen-bond acceptors (Lipinski definition) is 6. The van der Waals surface area contributed by atoms with E-state index in [2.05, 4.69) is 28.4 Å². The third kappa shape index (κ3) is 8.06. The van der Waals surface area contributed by atoms with E-state index in [0.29, 0.717) is 32.3 Å². The number of ether oxygens (including phenoxy) is 2. The van der Waals surface area contributed by atoms with Crippen LogP contribution in [0.1, 0.15) is 18.1 Å². The molecule has 0 aliphatic rings. The van der Waals surface area contributed by atoms with Gasteiger partial charge in [0.2, 0.25) is 0 Å². The zero-order chi connectivity index (χ0) is 22.5. The van der Waals surface area contributed by atoms with Crippen molar-refractivity contribution in [3.05, 3.63) is 66.2 Å². The molecule has 0 aliphatic carbocycles. The van der Waals surface area contributed by atoms with Crippen molar-refractivity contribution in [2.45, 2.75) is 13.5 Å². The van der Waals surface area contributed by atoms with E-state index >= 15 is 0 Å². The molecular weight excluding hydrogens is 390 g/mol. The third-order valence-electron chi connectivity index (χ3n) is 4.46. The molecule has 0 bridgehead atoms. The van der Waals surface area contributed by atoms with Gasteiger partial charge in [0.15, 0.2) is 0 Å². The molecule has 1 atom stereocenters. The van der Waals surface area contributed by atoms with E-state index in [1.54, 1.807) is 24.4 Å². The number of hydrogen-bond donors (Lipinski definition) is 1. The summed E-state index contributed by atoms with van der Waals surface area (Å²) >= 11 is 0. The Bertz CT molecular complexity index is 893. The van der Waals surface area contributed by atoms with Crippen molar-refractivity contribution in [3.63, 3.8) is 0 Å². The van der Waals surface area contributed by atoms with Crippen molar-refractivity contribution in [2.75, 3.05) is 32.0 Å². The van der Waals surface area contributed by atoms with E-state index in [1.807, 2.05) is 55.5 Å². The van der Waals surface area contributed by atoms with E-state index in [0.717, 1.165) is 22.6 Å². The van der Waals surface area contributed by atoms with Crippen molar-refractivity contribution >= 4 is 30.5 Å². The quantitative estimate of drug-likeness (QED) is 0.229. The minimum Gasteiger partial charge on any atom is -0.491 e. The molecule has 7 heteroatoms. The topological polar surface area (TPSA) is 84.8 Å². The average Bonchev–Trinajstić information content (AvgIpc) is 2.81. The van der Waals surface area contributed by atoms with Gasteiger partial charge < -0.3 is 15.2 Å². The SMILES string of the molecule is C=Cc1cccc(N(CN=C)/N=C\C(C)C(N)=NCc2ccc(OCCOC)cc2)c1. The Morgan fingerprint density at radius 1 is 1.19 bits per heavy atom. The van der Waals surface area contributed by atoms with Gasteiger partial charge in [-0.2, -0.15) is 5.10 Å². The molecule has 0 saturated heterocycles. The smallest absolute Gasteiger partial charge is 0.131 e. The van der Waals surface area contributed by atoms with Gasteiger partial charge in [0.25, 0.3) is 0 Å². The highest BCUT2D eigenvalue weighted by Crippen LogP contribution is 2.17. The van der Waals surface area contributed by atoms with Crippen molar-refractivity contribution in [2.24, 2.45) is 26.7 Å². The van der Waals surface area contributed by atoms with Crippen molar-refractivity contribution < 1.29 is 9.47 Å². The molecule has 0 radical (unpaired) electrons. The molecule has 0 saturated carbocycles. The first-order chi connectivity index (χ1) is 15.1. The van der Waals surface area contributed by atoms with Crippen LogP contribution in [0.3, 0.4) is 0 Å². The first-order valence-corrected chi connectivity index (χ1v) is 10.0. The standard InChI is InChI=1S/C24H31N5O2/c1-5-20-7-6-8-22(15-20)29(18-26-3)28-16-19(2)24(25)27-17-21-9-11-23(12-10-21)31-14-13-30-4/h5-12,15-16,19H,1,3,13-14,17-18H2,2,4H3,(H2,25,27)/b28-16-. The van der Waals surface area contributed by atoms with Crippen molar-refractivity contribution in [1.82, 2.24) is 0 Å². The van der Waals surface area contributed by atoms with Gasteiger partial charge in [-0.1, -0.05) is 43.8 Å². The highest BCUT2D eigenvalue weighted by Gasteiger charge is 2.07. The lowest BCUT2D eigenvalue weighted by Crippen LogP contribution is -2.25. The molecule has 31 heavy (non-hydrogen) atoms. The molecule has 0 heterocycles. The molecule has 0 amide bonds. The average molecular weight is 422 g/mol. The molecule has 2 rings (SSSR count). The fraction of sp³-hybridized carbons (Fsp3) is 0.292. The number of nitrogens with two attached hydrogens (primary N) is 1. The fourth-order valence-electron chi connectivity index (χ4n) is 2.61. The number of hydrazone groups is 1. The van der Waals surface area contributed by atoms with Crippen LogP contribution in [0.15, 0.2) is 70.2 Å². The van der Waals surface area contributed by atoms with Crippen LogP contribution < -0.4 is 15.5 Å². The van der Waals surface area contributed by atoms with Crippen LogP contribution in [-0.2, 0) is 11.3 Å². The van der Waals surface area contributed by atoms with Crippen LogP contribution in [0.25, 0.3) is 6.08 Å². The van der Waals surface area contributed by atoms with Crippen LogP contribution in [0.5, 0.6) is 5.75 Å². The maximum atomic E-state index is 6.17. The number of nitrogens with zero attached hydrogens (tertiary/aromatic N) is 4. The lowest BCUT2D eigenvalue weighted by Gasteiger charge is -2.18. The lowest BCUT2D eigenvalue weighted by atomic mass is 10.2. The minimum absolute atomic E-state index is 0.133. The zero-order valence-electron chi connectivity index (χ0n) is 18.3. The summed E-state index contributed by atoms with van der Waals surface area (Å²) in [6.07, 6.45) is 3.55. The van der Waals surface area contributed by atoms with Crippen molar-refractivity contribution in [1.29, 1.82) is 0 Å². The molecule has 0 aliphatic heterocycles. The van der Waals surface area contributed by atoms with Gasteiger partial charge in [0.1, 0.15) is 24.9 Å². The van der Waals surface area contributed by atoms with Crippen LogP contribution in [-0.4, -0.2) is 45.8 Å². The fourth-order valence-corrected chi connectivity index (χ4v) is 2.61. The predicted molar refractivity (Wildman–Crippen MR) is 130 cm³/mol. The Hall–Kier alpha value is -3.45. The molecule has 0 spiro atoms. The molecule has 2 N–H and O–H groups in total. The minimum atomic E-state index is -0.133. The molecule has 2 aromatic carbocycles. The largest absolute Gasteiger partial charge is 0.491 e. The van der Waals surface area contributed by atoms with Gasteiger partial charge in [-0.25, -0.2) is 5.01 Å². The first kappa shape index (κ1) is 23.8. The second kappa shape index (κ2) is 13.0. The van der Waals surface area contributed by atoms with Crippen LogP contribution in [0.2, 0.25) is 0 Å². The number of benzene rings is 2. The van der Waals surface area contributed by atoms with E-state index in [-0.39, 0.29) is 5.92 Å². The summed E-state index contributed by atoms with van der Waals surface area (Å²) < 4.78 is 10.5. The van der Waals surface area contributed by atoms with E-state index in [4.69, 9.17) is 15.2 Å². The van der Waals surface area contributed by atoms with Crippen molar-refractivity contribution in [3.8, 4) is 5.75 Å². The molecule has 2 aromatic rings. The summed E-state index contributed by atoms with van der Waals surface area (Å²) in [4.78, 5) is 8.45. The molecule has 164 valence electrons. The second-order valence-electron chi connectivity index (χ2n) is 6.84. The monoisotopic (exact) mass is 421 g/mol. The summed E-state index contributed by atoms with van der Waals surface area (Å²) in [5.41, 5.74) is 9.12. The highest BCUT2D eigenvalue weighted by molar-refractivity contribution is 5.95. The Kier molecular flexibility index (Phi) is 9.97. The van der Waals surface area contributed by atoms with Gasteiger partial charge in [-0.05, 0) is 42.1 Å². The maximum absolute atomic E-state index is 6.17. The van der Waals surface area contributed by atoms with Crippen LogP contribution in [0.4, 0.5) is 5.69 Å². The third-order valence-corrected chi connectivity index (χ3v) is 4.46. The Balaban J connectivity index is 1.97. The zero-order valence-corrected chi connectivity index (χ0v) is 18.3. The summed E-state index contributed by atoms with van der Waals surface area (Å²) in [5, 5.41) is 6.29. The van der Waals surface area contributed by atoms with Gasteiger partial charge in [-0.15, -0.1) is 0 Å². The number of rotatable bonds is 13. The van der Waals surface area contributed by atoms with Crippen LogP contribution >= 0.6 is 0 Å². The Morgan fingerprint density at radius 2 is 1.97 bits per heavy atom. The summed E-state index contributed by atoms with van der Waals surface area (Å²) in [7, 11) is 1.65. The first-order valence-electron chi connectivity index (χ1n) is 10.0. The molecule has 0 aromatic heterocycles. The van der Waals surface area contributed by atoms with E-state index in [1.165, 1.54) is 0 Å². The number of anilines is 1. The lowest BCUT2D eigenvalue weighted by molar-refractivity contribution is 0.146. The van der Waals surface area contributed by atoms with Gasteiger partial charge in [-0.3, -0.25) is 9.98 Å². The van der Waals surface area contributed by atoms with Gasteiger partial charge >= 0.3 is 0 Å². The number of methoxy groups -OCH3 is 1. The van der Waals surface area contributed by atoms with E-state index < -0.39 is 0 Å². The molecule has 0 fully saturated rings. The van der Waals surface area contributed by atoms with Crippen LogP contribution in [0, 0.1) is 5.92 Å². The van der Waals surface area contributed by atoms with Gasteiger partial charge in [0, 0.05) is 13.3 Å². The normalized spacial score (nSPS) is 12.5. The predicted octanol–water partition coefficient (Wildman–Crippen LogP) is 4.00. The number of aliphatic imine (C=N–C) groups is 2. The number of amidine groups is 1. The second-order valence-corrected chi connectivity index (χ2v) is 6.84. The molecular formula is C24H31N5O2. The molecule has 1 unspecified atom stereocenters. The summed E-state index contributed by atoms with van der Waals surface area (Å²) in [5.74, 6) is 1.18. The summed E-state index contributed by atoms with van der Waals surface area (Å²) in [6, 6.07) is 15.7. The maximum Gasteiger partial charge on any atom is 0.131 e. The molecule has 7 nitrogen and oxygen atoms in total. The Morgan fingerprint density at radius 3 is 2.65 bits per heavy atom. The van der Waals surface area contributed by atoms with E-state index in [9.17, 15) is 0 Å². The Labute approximate surface area is 184 Å². The highest BCUT2D eigenvalue weighted by atomic mass is 16.5. The van der Waals surface area contributed by atoms with Gasteiger partial charge in [0.05, 0.1) is 24.8 Å². The summed E-state index contributed by atoms with van der Waals surface area (Å²) in [6.45, 7) is 11.2.